The molecule has 2 heterocycles. The summed E-state index contributed by atoms with van der Waals surface area (Å²) in [5.74, 6) is -3.81. The average Bonchev–Trinajstić information content (AvgIpc) is 2.99. The second kappa shape index (κ2) is 5.68. The van der Waals surface area contributed by atoms with Crippen LogP contribution in [0.15, 0.2) is 23.0 Å². The van der Waals surface area contributed by atoms with E-state index in [1.54, 1.807) is 0 Å². The zero-order chi connectivity index (χ0) is 17.6. The van der Waals surface area contributed by atoms with Crippen molar-refractivity contribution in [1.29, 1.82) is 0 Å². The van der Waals surface area contributed by atoms with Gasteiger partial charge in [-0.15, -0.1) is 0 Å². The van der Waals surface area contributed by atoms with Gasteiger partial charge in [0.25, 0.3) is 5.56 Å². The lowest BCUT2D eigenvalue weighted by Crippen LogP contribution is -2.21. The van der Waals surface area contributed by atoms with Crippen LogP contribution in [0.4, 0.5) is 8.78 Å². The molecule has 1 aromatic carbocycles. The summed E-state index contributed by atoms with van der Waals surface area (Å²) in [5.41, 5.74) is -0.366. The summed E-state index contributed by atoms with van der Waals surface area (Å²) >= 11 is 0.762. The molecule has 0 radical (unpaired) electrons. The zero-order valence-corrected chi connectivity index (χ0v) is 13.0. The van der Waals surface area contributed by atoms with Gasteiger partial charge < -0.3 is 14.8 Å². The second-order valence-electron chi connectivity index (χ2n) is 5.09. The Labute approximate surface area is 137 Å². The van der Waals surface area contributed by atoms with Crippen molar-refractivity contribution < 1.29 is 23.8 Å². The van der Waals surface area contributed by atoms with Gasteiger partial charge in [-0.1, -0.05) is 17.4 Å². The molecule has 0 aliphatic heterocycles. The quantitative estimate of drug-likeness (QED) is 0.754. The Bertz CT molecular complexity index is 1040. The first kappa shape index (κ1) is 16.1. The predicted octanol–water partition coefficient (Wildman–Crippen LogP) is 2.27. The van der Waals surface area contributed by atoms with Gasteiger partial charge in [0.1, 0.15) is 10.3 Å². The number of fused-ring (bicyclic) bond motifs is 1. The van der Waals surface area contributed by atoms with Gasteiger partial charge in [-0.05, 0) is 17.7 Å². The summed E-state index contributed by atoms with van der Waals surface area (Å²) < 4.78 is 27.5. The van der Waals surface area contributed by atoms with Crippen LogP contribution in [0, 0.1) is 11.6 Å². The molecule has 3 aromatic rings. The third-order valence-corrected chi connectivity index (χ3v) is 4.65. The number of benzene rings is 1. The van der Waals surface area contributed by atoms with Crippen molar-refractivity contribution >= 4 is 27.7 Å². The zero-order valence-electron chi connectivity index (χ0n) is 12.2. The monoisotopic (exact) mass is 352 g/mol. The number of hydrogen-bond acceptors (Lipinski definition) is 5. The van der Waals surface area contributed by atoms with E-state index in [0.717, 1.165) is 23.5 Å². The van der Waals surface area contributed by atoms with Crippen molar-refractivity contribution in [2.45, 2.75) is 6.42 Å². The highest BCUT2D eigenvalue weighted by Crippen LogP contribution is 2.31. The van der Waals surface area contributed by atoms with Gasteiger partial charge in [-0.25, -0.2) is 18.6 Å². The molecule has 0 amide bonds. The molecule has 0 bridgehead atoms. The lowest BCUT2D eigenvalue weighted by atomic mass is 10.0. The molecule has 2 N–H and O–H groups in total. The Morgan fingerprint density at radius 3 is 2.67 bits per heavy atom. The Morgan fingerprint density at radius 1 is 1.33 bits per heavy atom. The van der Waals surface area contributed by atoms with Crippen molar-refractivity contribution in [3.8, 4) is 5.75 Å². The van der Waals surface area contributed by atoms with Crippen LogP contribution in [0.2, 0.25) is 0 Å². The number of pyridine rings is 1. The maximum atomic E-state index is 13.3. The van der Waals surface area contributed by atoms with E-state index in [1.807, 2.05) is 0 Å². The number of carbonyl (C=O) groups is 1. The molecule has 124 valence electrons. The fourth-order valence-corrected chi connectivity index (χ4v) is 3.20. The SMILES string of the molecule is Cn1c(=O)c(Cc2ccc(F)c(F)c2)c(O)c2nc(C(=O)O)sc21. The van der Waals surface area contributed by atoms with E-state index in [1.165, 1.54) is 17.7 Å². The number of aryl methyl sites for hydroxylation is 1. The number of aromatic carboxylic acids is 1. The minimum atomic E-state index is -1.27. The fraction of sp³-hybridized carbons (Fsp3) is 0.133. The van der Waals surface area contributed by atoms with Crippen LogP contribution < -0.4 is 5.56 Å². The molecular formula is C15H10F2N2O4S. The highest BCUT2D eigenvalue weighted by atomic mass is 32.1. The third-order valence-electron chi connectivity index (χ3n) is 3.53. The highest BCUT2D eigenvalue weighted by Gasteiger charge is 2.21. The molecule has 0 spiro atoms. The molecule has 3 rings (SSSR count). The fourth-order valence-electron chi connectivity index (χ4n) is 2.34. The van der Waals surface area contributed by atoms with Gasteiger partial charge in [0.2, 0.25) is 5.01 Å². The standard InChI is InChI=1S/C15H10F2N2O4S/c1-19-13(21)7(4-6-2-3-8(16)9(17)5-6)11(20)10-14(19)24-12(18-10)15(22)23/h2-3,5,20H,4H2,1H3,(H,22,23). The summed E-state index contributed by atoms with van der Waals surface area (Å²) in [5, 5.41) is 19.0. The topological polar surface area (TPSA) is 92.4 Å². The molecule has 0 fully saturated rings. The normalized spacial score (nSPS) is 11.1. The first-order valence-corrected chi connectivity index (χ1v) is 7.49. The summed E-state index contributed by atoms with van der Waals surface area (Å²) in [6.45, 7) is 0. The lowest BCUT2D eigenvalue weighted by Gasteiger charge is -2.08. The number of aromatic nitrogens is 2. The first-order valence-electron chi connectivity index (χ1n) is 6.68. The lowest BCUT2D eigenvalue weighted by molar-refractivity contribution is 0.0696. The van der Waals surface area contributed by atoms with E-state index >= 15 is 0 Å². The number of carboxylic acids is 1. The van der Waals surface area contributed by atoms with Crippen LogP contribution >= 0.6 is 11.3 Å². The number of rotatable bonds is 3. The van der Waals surface area contributed by atoms with Crippen molar-refractivity contribution in [2.24, 2.45) is 7.05 Å². The average molecular weight is 352 g/mol. The van der Waals surface area contributed by atoms with E-state index in [9.17, 15) is 23.5 Å². The summed E-state index contributed by atoms with van der Waals surface area (Å²) in [6.07, 6.45) is -0.147. The van der Waals surface area contributed by atoms with Crippen molar-refractivity contribution in [3.63, 3.8) is 0 Å². The molecule has 0 saturated heterocycles. The van der Waals surface area contributed by atoms with Crippen LogP contribution in [0.3, 0.4) is 0 Å². The highest BCUT2D eigenvalue weighted by molar-refractivity contribution is 7.19. The summed E-state index contributed by atoms with van der Waals surface area (Å²) in [6, 6.07) is 3.16. The van der Waals surface area contributed by atoms with Gasteiger partial charge >= 0.3 is 5.97 Å². The number of thiazole rings is 1. The van der Waals surface area contributed by atoms with Crippen molar-refractivity contribution in [3.05, 3.63) is 56.3 Å². The number of halogens is 2. The Balaban J connectivity index is 2.19. The molecule has 0 atom stereocenters. The van der Waals surface area contributed by atoms with Crippen molar-refractivity contribution in [1.82, 2.24) is 9.55 Å². The van der Waals surface area contributed by atoms with E-state index in [4.69, 9.17) is 5.11 Å². The minimum absolute atomic E-state index is 0.0166. The van der Waals surface area contributed by atoms with Crippen LogP contribution in [-0.4, -0.2) is 25.7 Å². The van der Waals surface area contributed by atoms with Crippen LogP contribution in [-0.2, 0) is 13.5 Å². The molecule has 0 aliphatic carbocycles. The Morgan fingerprint density at radius 2 is 2.04 bits per heavy atom. The smallest absolute Gasteiger partial charge is 0.365 e. The number of hydrogen-bond donors (Lipinski definition) is 2. The first-order chi connectivity index (χ1) is 11.3. The molecule has 0 saturated carbocycles. The van der Waals surface area contributed by atoms with E-state index in [0.29, 0.717) is 0 Å². The number of nitrogens with zero attached hydrogens (tertiary/aromatic N) is 2. The van der Waals surface area contributed by atoms with Gasteiger partial charge in [0, 0.05) is 13.5 Å². The maximum absolute atomic E-state index is 13.3. The largest absolute Gasteiger partial charge is 0.505 e. The van der Waals surface area contributed by atoms with Crippen LogP contribution in [0.25, 0.3) is 10.3 Å². The van der Waals surface area contributed by atoms with E-state index in [2.05, 4.69) is 4.98 Å². The Hall–Kier alpha value is -2.81. The summed E-state index contributed by atoms with van der Waals surface area (Å²) in [7, 11) is 1.42. The third kappa shape index (κ3) is 2.52. The molecule has 24 heavy (non-hydrogen) atoms. The van der Waals surface area contributed by atoms with E-state index in [-0.39, 0.29) is 32.9 Å². The van der Waals surface area contributed by atoms with Crippen LogP contribution in [0.5, 0.6) is 5.75 Å². The Kier molecular flexibility index (Phi) is 3.80. The van der Waals surface area contributed by atoms with Gasteiger partial charge in [-0.3, -0.25) is 4.79 Å². The molecule has 9 heteroatoms. The van der Waals surface area contributed by atoms with Gasteiger partial charge in [0.05, 0.1) is 5.56 Å². The molecule has 0 unspecified atom stereocenters. The van der Waals surface area contributed by atoms with E-state index < -0.39 is 28.9 Å². The number of aromatic hydroxyl groups is 1. The minimum Gasteiger partial charge on any atom is -0.505 e. The van der Waals surface area contributed by atoms with Gasteiger partial charge in [0.15, 0.2) is 17.4 Å². The molecular weight excluding hydrogens is 342 g/mol. The molecule has 0 aliphatic rings. The molecule has 2 aromatic heterocycles. The second-order valence-corrected chi connectivity index (χ2v) is 6.07. The summed E-state index contributed by atoms with van der Waals surface area (Å²) in [4.78, 5) is 27.5. The predicted molar refractivity (Wildman–Crippen MR) is 82.6 cm³/mol. The van der Waals surface area contributed by atoms with Crippen molar-refractivity contribution in [2.75, 3.05) is 0 Å². The number of carboxylic acid groups (broad SMARTS) is 1. The van der Waals surface area contributed by atoms with Gasteiger partial charge in [-0.2, -0.15) is 0 Å². The maximum Gasteiger partial charge on any atom is 0.365 e. The molecule has 6 nitrogen and oxygen atoms in total. The van der Waals surface area contributed by atoms with Crippen LogP contribution in [0.1, 0.15) is 20.9 Å².